The number of nitrogens with zero attached hydrogens (tertiary/aromatic N) is 1. The molecule has 0 atom stereocenters. The molecule has 0 aliphatic rings. The second-order valence-electron chi connectivity index (χ2n) is 3.65. The van der Waals surface area contributed by atoms with Gasteiger partial charge in [-0.05, 0) is 77.5 Å². The van der Waals surface area contributed by atoms with Crippen molar-refractivity contribution in [2.45, 2.75) is 16.7 Å². The highest BCUT2D eigenvalue weighted by molar-refractivity contribution is 14.1. The van der Waals surface area contributed by atoms with E-state index in [0.29, 0.717) is 5.56 Å². The highest BCUT2D eigenvalue weighted by Gasteiger charge is 2.00. The summed E-state index contributed by atoms with van der Waals surface area (Å²) in [6, 6.07) is 16.2. The van der Waals surface area contributed by atoms with Gasteiger partial charge in [0.2, 0.25) is 0 Å². The normalized spacial score (nSPS) is 9.94. The highest BCUT2D eigenvalue weighted by Crippen LogP contribution is 2.29. The van der Waals surface area contributed by atoms with Crippen molar-refractivity contribution in [1.82, 2.24) is 0 Å². The molecular formula is C14H10INS. The van der Waals surface area contributed by atoms with Crippen LogP contribution >= 0.6 is 34.4 Å². The van der Waals surface area contributed by atoms with Crippen LogP contribution in [0.1, 0.15) is 11.1 Å². The minimum absolute atomic E-state index is 0.702. The van der Waals surface area contributed by atoms with Gasteiger partial charge in [0.1, 0.15) is 0 Å². The Morgan fingerprint density at radius 1 is 1.06 bits per heavy atom. The third-order valence-corrected chi connectivity index (χ3v) is 4.56. The van der Waals surface area contributed by atoms with Gasteiger partial charge in [-0.15, -0.1) is 0 Å². The number of nitriles is 1. The van der Waals surface area contributed by atoms with Crippen LogP contribution in [0.25, 0.3) is 0 Å². The molecule has 0 fully saturated rings. The molecule has 0 bridgehead atoms. The Bertz CT molecular complexity index is 570. The van der Waals surface area contributed by atoms with Crippen LogP contribution in [-0.4, -0.2) is 0 Å². The molecule has 0 heterocycles. The molecule has 0 amide bonds. The van der Waals surface area contributed by atoms with Gasteiger partial charge in [-0.25, -0.2) is 0 Å². The topological polar surface area (TPSA) is 23.8 Å². The summed E-state index contributed by atoms with van der Waals surface area (Å²) in [6.45, 7) is 2.12. The Labute approximate surface area is 119 Å². The fourth-order valence-electron chi connectivity index (χ4n) is 1.41. The van der Waals surface area contributed by atoms with Gasteiger partial charge in [-0.3, -0.25) is 0 Å². The molecule has 0 aliphatic heterocycles. The van der Waals surface area contributed by atoms with Crippen LogP contribution < -0.4 is 0 Å². The number of benzene rings is 2. The lowest BCUT2D eigenvalue weighted by Crippen LogP contribution is -1.81. The second-order valence-corrected chi connectivity index (χ2v) is 5.96. The number of halogens is 1. The average molecular weight is 351 g/mol. The maximum absolute atomic E-state index is 8.73. The Morgan fingerprint density at radius 2 is 1.71 bits per heavy atom. The molecule has 0 aliphatic carbocycles. The summed E-state index contributed by atoms with van der Waals surface area (Å²) in [5.74, 6) is 0. The van der Waals surface area contributed by atoms with E-state index >= 15 is 0 Å². The van der Waals surface area contributed by atoms with E-state index in [1.54, 1.807) is 11.8 Å². The summed E-state index contributed by atoms with van der Waals surface area (Å²) in [4.78, 5) is 2.39. The van der Waals surface area contributed by atoms with Gasteiger partial charge in [-0.1, -0.05) is 11.8 Å². The average Bonchev–Trinajstić information content (AvgIpc) is 2.35. The van der Waals surface area contributed by atoms with Gasteiger partial charge >= 0.3 is 0 Å². The van der Waals surface area contributed by atoms with E-state index in [0.717, 1.165) is 4.90 Å². The summed E-state index contributed by atoms with van der Waals surface area (Å²) in [5.41, 5.74) is 2.00. The van der Waals surface area contributed by atoms with Crippen LogP contribution in [0.5, 0.6) is 0 Å². The van der Waals surface area contributed by atoms with E-state index in [1.165, 1.54) is 14.0 Å². The number of hydrogen-bond acceptors (Lipinski definition) is 2. The number of rotatable bonds is 2. The van der Waals surface area contributed by atoms with Crippen LogP contribution in [0, 0.1) is 21.8 Å². The monoisotopic (exact) mass is 351 g/mol. The van der Waals surface area contributed by atoms with E-state index in [1.807, 2.05) is 24.3 Å². The van der Waals surface area contributed by atoms with E-state index in [2.05, 4.69) is 53.8 Å². The van der Waals surface area contributed by atoms with Gasteiger partial charge in [0, 0.05) is 13.4 Å². The summed E-state index contributed by atoms with van der Waals surface area (Å²) in [7, 11) is 0. The standard InChI is InChI=1S/C14H10INS/c1-10-8-13(6-7-14(10)15)17-12-4-2-11(9-16)3-5-12/h2-8H,1H3. The molecular weight excluding hydrogens is 341 g/mol. The molecule has 0 aromatic heterocycles. The molecule has 0 N–H and O–H groups in total. The maximum Gasteiger partial charge on any atom is 0.0991 e. The van der Waals surface area contributed by atoms with Crippen molar-refractivity contribution in [1.29, 1.82) is 5.26 Å². The van der Waals surface area contributed by atoms with Crippen LogP contribution in [0.4, 0.5) is 0 Å². The van der Waals surface area contributed by atoms with Crippen molar-refractivity contribution in [3.63, 3.8) is 0 Å². The van der Waals surface area contributed by atoms with E-state index in [9.17, 15) is 0 Å². The third-order valence-electron chi connectivity index (χ3n) is 2.35. The van der Waals surface area contributed by atoms with Crippen molar-refractivity contribution in [3.05, 3.63) is 57.2 Å². The molecule has 0 spiro atoms. The molecule has 1 nitrogen and oxygen atoms in total. The number of aryl methyl sites for hydroxylation is 1. The fourth-order valence-corrected chi connectivity index (χ4v) is 2.67. The first-order valence-electron chi connectivity index (χ1n) is 5.13. The van der Waals surface area contributed by atoms with Crippen molar-refractivity contribution < 1.29 is 0 Å². The maximum atomic E-state index is 8.73. The van der Waals surface area contributed by atoms with Crippen molar-refractivity contribution in [2.24, 2.45) is 0 Å². The first-order chi connectivity index (χ1) is 8.19. The second kappa shape index (κ2) is 5.56. The largest absolute Gasteiger partial charge is 0.192 e. The Kier molecular flexibility index (Phi) is 4.08. The van der Waals surface area contributed by atoms with E-state index in [4.69, 9.17) is 5.26 Å². The third kappa shape index (κ3) is 3.24. The lowest BCUT2D eigenvalue weighted by atomic mass is 10.2. The molecule has 2 rings (SSSR count). The van der Waals surface area contributed by atoms with Gasteiger partial charge in [0.15, 0.2) is 0 Å². The zero-order valence-corrected chi connectivity index (χ0v) is 12.2. The highest BCUT2D eigenvalue weighted by atomic mass is 127. The van der Waals surface area contributed by atoms with Crippen molar-refractivity contribution >= 4 is 34.4 Å². The predicted octanol–water partition coefficient (Wildman–Crippen LogP) is 4.62. The Balaban J connectivity index is 2.20. The van der Waals surface area contributed by atoms with Gasteiger partial charge < -0.3 is 0 Å². The summed E-state index contributed by atoms with van der Waals surface area (Å²) in [5, 5.41) is 8.73. The van der Waals surface area contributed by atoms with Gasteiger partial charge in [0.25, 0.3) is 0 Å². The Morgan fingerprint density at radius 3 is 2.29 bits per heavy atom. The van der Waals surface area contributed by atoms with Gasteiger partial charge in [0.05, 0.1) is 11.6 Å². The first kappa shape index (κ1) is 12.5. The molecule has 0 unspecified atom stereocenters. The smallest absolute Gasteiger partial charge is 0.0991 e. The quantitative estimate of drug-likeness (QED) is 0.737. The minimum Gasteiger partial charge on any atom is -0.192 e. The number of hydrogen-bond donors (Lipinski definition) is 0. The van der Waals surface area contributed by atoms with Crippen LogP contribution in [0.3, 0.4) is 0 Å². The molecule has 3 heteroatoms. The fraction of sp³-hybridized carbons (Fsp3) is 0.0714. The van der Waals surface area contributed by atoms with Crippen LogP contribution in [0.15, 0.2) is 52.3 Å². The predicted molar refractivity (Wildman–Crippen MR) is 79.2 cm³/mol. The van der Waals surface area contributed by atoms with Crippen LogP contribution in [0.2, 0.25) is 0 Å². The SMILES string of the molecule is Cc1cc(Sc2ccc(C#N)cc2)ccc1I. The minimum atomic E-state index is 0.702. The summed E-state index contributed by atoms with van der Waals surface area (Å²) < 4.78 is 1.28. The molecule has 0 radical (unpaired) electrons. The first-order valence-corrected chi connectivity index (χ1v) is 7.03. The molecule has 2 aromatic carbocycles. The summed E-state index contributed by atoms with van der Waals surface area (Å²) >= 11 is 4.05. The zero-order chi connectivity index (χ0) is 12.3. The lowest BCUT2D eigenvalue weighted by Gasteiger charge is -2.04. The van der Waals surface area contributed by atoms with Crippen LogP contribution in [-0.2, 0) is 0 Å². The zero-order valence-electron chi connectivity index (χ0n) is 9.27. The molecule has 0 saturated heterocycles. The van der Waals surface area contributed by atoms with Gasteiger partial charge in [-0.2, -0.15) is 5.26 Å². The molecule has 0 saturated carbocycles. The van der Waals surface area contributed by atoms with E-state index < -0.39 is 0 Å². The van der Waals surface area contributed by atoms with E-state index in [-0.39, 0.29) is 0 Å². The molecule has 17 heavy (non-hydrogen) atoms. The molecule has 84 valence electrons. The Hall–Kier alpha value is -0.990. The van der Waals surface area contributed by atoms with Crippen molar-refractivity contribution in [3.8, 4) is 6.07 Å². The lowest BCUT2D eigenvalue weighted by molar-refractivity contribution is 1.32. The summed E-state index contributed by atoms with van der Waals surface area (Å²) in [6.07, 6.45) is 0. The molecule has 2 aromatic rings. The van der Waals surface area contributed by atoms with Crippen molar-refractivity contribution in [2.75, 3.05) is 0 Å².